The molecule has 0 radical (unpaired) electrons. The van der Waals surface area contributed by atoms with Crippen molar-refractivity contribution < 1.29 is 27.6 Å². The molecule has 0 spiro atoms. The van der Waals surface area contributed by atoms with Crippen molar-refractivity contribution in [3.63, 3.8) is 0 Å². The number of benzene rings is 2. The number of methoxy groups -OCH3 is 1. The number of esters is 1. The fourth-order valence-electron chi connectivity index (χ4n) is 2.11. The van der Waals surface area contributed by atoms with Gasteiger partial charge in [-0.1, -0.05) is 12.1 Å². The molecular weight excluding hydrogens is 341 g/mol. The zero-order chi connectivity index (χ0) is 18.6. The van der Waals surface area contributed by atoms with Crippen molar-refractivity contribution >= 4 is 17.3 Å². The number of hydrogen-bond acceptors (Lipinski definition) is 5. The Morgan fingerprint density at radius 1 is 1.20 bits per heavy atom. The van der Waals surface area contributed by atoms with Gasteiger partial charge in [0.1, 0.15) is 0 Å². The number of alkyl halides is 3. The highest BCUT2D eigenvalue weighted by atomic mass is 19.4. The Morgan fingerprint density at radius 2 is 1.84 bits per heavy atom. The van der Waals surface area contributed by atoms with E-state index in [-0.39, 0.29) is 12.2 Å². The molecule has 132 valence electrons. The van der Waals surface area contributed by atoms with E-state index in [2.05, 4.69) is 10.1 Å². The summed E-state index contributed by atoms with van der Waals surface area (Å²) in [6, 6.07) is 8.62. The molecule has 0 aromatic heterocycles. The number of nitro benzene ring substituents is 1. The van der Waals surface area contributed by atoms with Crippen molar-refractivity contribution in [2.45, 2.75) is 12.7 Å². The summed E-state index contributed by atoms with van der Waals surface area (Å²) in [6.07, 6.45) is -4.73. The lowest BCUT2D eigenvalue weighted by Gasteiger charge is -2.14. The lowest BCUT2D eigenvalue weighted by atomic mass is 10.1. The Bertz CT molecular complexity index is 789. The summed E-state index contributed by atoms with van der Waals surface area (Å²) in [6.45, 7) is 0.0440. The topological polar surface area (TPSA) is 81.5 Å². The Labute approximate surface area is 140 Å². The van der Waals surface area contributed by atoms with Crippen LogP contribution in [0.5, 0.6) is 0 Å². The first kappa shape index (κ1) is 18.2. The summed E-state index contributed by atoms with van der Waals surface area (Å²) in [5.41, 5.74) is -1.08. The number of hydrogen-bond donors (Lipinski definition) is 1. The van der Waals surface area contributed by atoms with Crippen molar-refractivity contribution in [3.8, 4) is 0 Å². The van der Waals surface area contributed by atoms with Gasteiger partial charge >= 0.3 is 12.1 Å². The van der Waals surface area contributed by atoms with Crippen molar-refractivity contribution in [3.05, 3.63) is 69.3 Å². The van der Waals surface area contributed by atoms with Crippen LogP contribution in [-0.4, -0.2) is 18.0 Å². The lowest BCUT2D eigenvalue weighted by Crippen LogP contribution is -2.11. The van der Waals surface area contributed by atoms with Crippen molar-refractivity contribution in [1.82, 2.24) is 0 Å². The summed E-state index contributed by atoms with van der Waals surface area (Å²) in [5, 5.41) is 13.3. The molecule has 6 nitrogen and oxygen atoms in total. The largest absolute Gasteiger partial charge is 0.465 e. The summed E-state index contributed by atoms with van der Waals surface area (Å²) in [4.78, 5) is 21.1. The van der Waals surface area contributed by atoms with Crippen LogP contribution in [-0.2, 0) is 17.5 Å². The second-order valence-electron chi connectivity index (χ2n) is 5.03. The predicted molar refractivity (Wildman–Crippen MR) is 83.2 cm³/mol. The summed E-state index contributed by atoms with van der Waals surface area (Å²) >= 11 is 0. The van der Waals surface area contributed by atoms with E-state index in [4.69, 9.17) is 0 Å². The number of nitrogens with zero attached hydrogens (tertiary/aromatic N) is 1. The fraction of sp³-hybridized carbons (Fsp3) is 0.188. The van der Waals surface area contributed by atoms with Gasteiger partial charge in [0.05, 0.1) is 23.2 Å². The average molecular weight is 354 g/mol. The Kier molecular flexibility index (Phi) is 5.26. The van der Waals surface area contributed by atoms with Crippen molar-refractivity contribution in [2.24, 2.45) is 0 Å². The van der Waals surface area contributed by atoms with Gasteiger partial charge in [-0.05, 0) is 23.8 Å². The number of carbonyl (C=O) groups is 1. The quantitative estimate of drug-likeness (QED) is 0.498. The van der Waals surface area contributed by atoms with Crippen LogP contribution in [0.1, 0.15) is 21.5 Å². The van der Waals surface area contributed by atoms with Crippen LogP contribution in [0.4, 0.5) is 24.5 Å². The van der Waals surface area contributed by atoms with Crippen LogP contribution >= 0.6 is 0 Å². The number of non-ortho nitro benzene ring substituents is 1. The summed E-state index contributed by atoms with van der Waals surface area (Å²) in [5.74, 6) is -0.519. The Balaban J connectivity index is 2.20. The summed E-state index contributed by atoms with van der Waals surface area (Å²) < 4.78 is 43.8. The molecular formula is C16H13F3N2O4. The molecule has 0 aliphatic carbocycles. The van der Waals surface area contributed by atoms with Crippen LogP contribution in [0.25, 0.3) is 0 Å². The lowest BCUT2D eigenvalue weighted by molar-refractivity contribution is -0.385. The summed E-state index contributed by atoms with van der Waals surface area (Å²) in [7, 11) is 1.24. The molecule has 0 fully saturated rings. The maximum atomic E-state index is 13.1. The zero-order valence-corrected chi connectivity index (χ0v) is 13.0. The molecule has 0 bridgehead atoms. The molecule has 9 heteroatoms. The molecule has 0 saturated carbocycles. The predicted octanol–water partition coefficient (Wildman–Crippen LogP) is 4.01. The van der Waals surface area contributed by atoms with E-state index in [9.17, 15) is 28.1 Å². The third-order valence-electron chi connectivity index (χ3n) is 3.38. The molecule has 0 aliphatic rings. The number of carbonyl (C=O) groups excluding carboxylic acids is 1. The molecule has 2 aromatic carbocycles. The molecule has 0 heterocycles. The molecule has 1 N–H and O–H groups in total. The number of nitro groups is 1. The minimum absolute atomic E-state index is 0.0440. The number of rotatable bonds is 5. The first-order chi connectivity index (χ1) is 11.7. The van der Waals surface area contributed by atoms with E-state index in [1.807, 2.05) is 0 Å². The van der Waals surface area contributed by atoms with Crippen molar-refractivity contribution in [1.29, 1.82) is 0 Å². The zero-order valence-electron chi connectivity index (χ0n) is 13.0. The average Bonchev–Trinajstić information content (AvgIpc) is 2.58. The van der Waals surface area contributed by atoms with E-state index < -0.39 is 28.3 Å². The van der Waals surface area contributed by atoms with Gasteiger partial charge < -0.3 is 10.1 Å². The first-order valence-electron chi connectivity index (χ1n) is 6.99. The minimum atomic E-state index is -4.73. The van der Waals surface area contributed by atoms with Gasteiger partial charge in [-0.3, -0.25) is 10.1 Å². The highest BCUT2D eigenvalue weighted by molar-refractivity contribution is 5.89. The second kappa shape index (κ2) is 7.20. The molecule has 0 atom stereocenters. The molecule has 2 aromatic rings. The number of halogens is 3. The van der Waals surface area contributed by atoms with E-state index in [1.165, 1.54) is 19.2 Å². The smallest absolute Gasteiger partial charge is 0.418 e. The maximum Gasteiger partial charge on any atom is 0.418 e. The SMILES string of the molecule is COC(=O)c1ccc(CNc2ccc([N+](=O)[O-])cc2C(F)(F)F)cc1. The van der Waals surface area contributed by atoms with Gasteiger partial charge in [0.25, 0.3) is 5.69 Å². The monoisotopic (exact) mass is 354 g/mol. The van der Waals surface area contributed by atoms with E-state index in [0.717, 1.165) is 12.1 Å². The van der Waals surface area contributed by atoms with Crippen LogP contribution in [0.2, 0.25) is 0 Å². The normalized spacial score (nSPS) is 11.0. The number of ether oxygens (including phenoxy) is 1. The number of anilines is 1. The maximum absolute atomic E-state index is 13.1. The van der Waals surface area contributed by atoms with Gasteiger partial charge in [0.15, 0.2) is 0 Å². The standard InChI is InChI=1S/C16H13F3N2O4/c1-25-15(22)11-4-2-10(3-5-11)9-20-14-7-6-12(21(23)24)8-13(14)16(17,18)19/h2-8,20H,9H2,1H3. The Hall–Kier alpha value is -3.10. The number of nitrogens with one attached hydrogen (secondary N) is 1. The molecule has 2 rings (SSSR count). The van der Waals surface area contributed by atoms with Gasteiger partial charge in [-0.2, -0.15) is 13.2 Å². The highest BCUT2D eigenvalue weighted by Crippen LogP contribution is 2.37. The van der Waals surface area contributed by atoms with Crippen molar-refractivity contribution in [2.75, 3.05) is 12.4 Å². The van der Waals surface area contributed by atoms with E-state index >= 15 is 0 Å². The first-order valence-corrected chi connectivity index (χ1v) is 6.99. The molecule has 0 unspecified atom stereocenters. The molecule has 25 heavy (non-hydrogen) atoms. The molecule has 0 amide bonds. The minimum Gasteiger partial charge on any atom is -0.465 e. The third-order valence-corrected chi connectivity index (χ3v) is 3.38. The molecule has 0 aliphatic heterocycles. The van der Waals surface area contributed by atoms with E-state index in [1.54, 1.807) is 12.1 Å². The fourth-order valence-corrected chi connectivity index (χ4v) is 2.11. The van der Waals surface area contributed by atoms with Gasteiger partial charge in [-0.15, -0.1) is 0 Å². The third kappa shape index (κ3) is 4.46. The van der Waals surface area contributed by atoms with Crippen LogP contribution in [0.3, 0.4) is 0 Å². The highest BCUT2D eigenvalue weighted by Gasteiger charge is 2.35. The van der Waals surface area contributed by atoms with Gasteiger partial charge in [-0.25, -0.2) is 4.79 Å². The molecule has 0 saturated heterocycles. The van der Waals surface area contributed by atoms with Crippen LogP contribution < -0.4 is 5.32 Å². The Morgan fingerprint density at radius 3 is 2.36 bits per heavy atom. The van der Waals surface area contributed by atoms with Crippen LogP contribution in [0.15, 0.2) is 42.5 Å². The van der Waals surface area contributed by atoms with Crippen LogP contribution in [0, 0.1) is 10.1 Å². The van der Waals surface area contributed by atoms with Gasteiger partial charge in [0, 0.05) is 24.4 Å². The van der Waals surface area contributed by atoms with E-state index in [0.29, 0.717) is 17.2 Å². The second-order valence-corrected chi connectivity index (χ2v) is 5.03. The van der Waals surface area contributed by atoms with Gasteiger partial charge in [0.2, 0.25) is 0 Å².